The zero-order valence-corrected chi connectivity index (χ0v) is 35.8. The van der Waals surface area contributed by atoms with Gasteiger partial charge in [-0.1, -0.05) is 83.9 Å². The van der Waals surface area contributed by atoms with Crippen LogP contribution in [0.2, 0.25) is 10.0 Å². The number of quaternary nitrogens is 1. The monoisotopic (exact) mass is 917 g/mol. The van der Waals surface area contributed by atoms with E-state index in [0.717, 1.165) is 16.7 Å². The van der Waals surface area contributed by atoms with Crippen molar-refractivity contribution in [2.75, 3.05) is 5.32 Å². The van der Waals surface area contributed by atoms with E-state index in [9.17, 15) is 34.1 Å². The average molecular weight is 919 g/mol. The first-order chi connectivity index (χ1) is 30.8. The van der Waals surface area contributed by atoms with Gasteiger partial charge in [0.15, 0.2) is 5.69 Å². The standard InChI is InChI=1S/C47H37Cl2N5O9S/c48-38-17-8-29(18-39(38)49)26-62-36-15-13-32(14-16-36)44-46(56)51-40-20-33-21-42(53(25-34(33)22-43(40)63-44)64(61)37-3-1-2-35(23-37)54(59)60)45(55)52-41(47(57)58)19-27-4-9-30(10-5-27)31-11-6-28(24-50)7-12-31/h1-18,20,22-23,41-42,44,54,59H,19,21,25-26H2,(H,51,56)(H,52,55)(H,57,58). The molecule has 17 heteroatoms. The molecule has 2 aliphatic heterocycles. The number of anilines is 1. The van der Waals surface area contributed by atoms with Gasteiger partial charge in [-0.15, -0.1) is 0 Å². The van der Waals surface area contributed by atoms with Crippen LogP contribution in [0, 0.1) is 16.5 Å². The number of hydrogen-bond donors (Lipinski definition) is 5. The van der Waals surface area contributed by atoms with Crippen molar-refractivity contribution in [1.82, 2.24) is 9.62 Å². The minimum atomic E-state index is -2.10. The zero-order chi connectivity index (χ0) is 45.1. The molecule has 5 N–H and O–H groups in total. The predicted octanol–water partition coefficient (Wildman–Crippen LogP) is 6.85. The molecule has 0 radical (unpaired) electrons. The highest BCUT2D eigenvalue weighted by molar-refractivity contribution is 7.82. The highest BCUT2D eigenvalue weighted by atomic mass is 35.5. The number of halogens is 2. The summed E-state index contributed by atoms with van der Waals surface area (Å²) >= 11 is 12.2. The number of carboxylic acid groups (broad SMARTS) is 1. The first-order valence-electron chi connectivity index (χ1n) is 19.8. The number of amides is 2. The van der Waals surface area contributed by atoms with E-state index in [0.29, 0.717) is 55.0 Å². The maximum atomic E-state index is 14.4. The number of aliphatic carboxylic acids is 1. The molecule has 2 amide bonds. The summed E-state index contributed by atoms with van der Waals surface area (Å²) in [6, 6.07) is 34.8. The van der Waals surface area contributed by atoms with E-state index in [4.69, 9.17) is 37.9 Å². The smallest absolute Gasteiger partial charge is 0.326 e. The number of rotatable bonds is 13. The second-order valence-electron chi connectivity index (χ2n) is 15.1. The molecule has 2 aliphatic rings. The molecule has 324 valence electrons. The molecule has 5 unspecified atom stereocenters. The third-order valence-corrected chi connectivity index (χ3v) is 13.1. The summed E-state index contributed by atoms with van der Waals surface area (Å²) in [7, 11) is -2.10. The van der Waals surface area contributed by atoms with Gasteiger partial charge in [0.2, 0.25) is 12.0 Å². The lowest BCUT2D eigenvalue weighted by atomic mass is 9.93. The highest BCUT2D eigenvalue weighted by Gasteiger charge is 2.39. The van der Waals surface area contributed by atoms with Crippen molar-refractivity contribution in [3.8, 4) is 28.7 Å². The molecule has 0 fully saturated rings. The number of nitrogens with zero attached hydrogens (tertiary/aromatic N) is 2. The summed E-state index contributed by atoms with van der Waals surface area (Å²) in [6.07, 6.45) is -1.12. The average Bonchev–Trinajstić information content (AvgIpc) is 3.30. The Morgan fingerprint density at radius 3 is 2.31 bits per heavy atom. The van der Waals surface area contributed by atoms with Gasteiger partial charge in [0.25, 0.3) is 5.91 Å². The molecular formula is C47H37Cl2N5O9S. The molecule has 8 rings (SSSR count). The summed E-state index contributed by atoms with van der Waals surface area (Å²) in [5, 5.41) is 46.1. The highest BCUT2D eigenvalue weighted by Crippen LogP contribution is 2.40. The van der Waals surface area contributed by atoms with E-state index in [-0.39, 0.29) is 36.6 Å². The van der Waals surface area contributed by atoms with Crippen molar-refractivity contribution in [3.05, 3.63) is 176 Å². The van der Waals surface area contributed by atoms with Crippen LogP contribution in [0.3, 0.4) is 0 Å². The quantitative estimate of drug-likeness (QED) is 0.0763. The van der Waals surface area contributed by atoms with Crippen LogP contribution in [0.15, 0.2) is 132 Å². The molecule has 64 heavy (non-hydrogen) atoms. The molecule has 0 aliphatic carbocycles. The second kappa shape index (κ2) is 19.0. The Morgan fingerprint density at radius 2 is 1.64 bits per heavy atom. The Labute approximate surface area is 379 Å². The Hall–Kier alpha value is -6.61. The van der Waals surface area contributed by atoms with Gasteiger partial charge < -0.3 is 30.4 Å². The first kappa shape index (κ1) is 44.0. The fraction of sp³-hybridized carbons (Fsp3) is 0.149. The van der Waals surface area contributed by atoms with Crippen molar-refractivity contribution < 1.29 is 43.6 Å². The van der Waals surface area contributed by atoms with Gasteiger partial charge in [-0.2, -0.15) is 10.5 Å². The number of hydrogen-bond acceptors (Lipinski definition) is 9. The number of carbonyl (C=O) groups excluding carboxylic acids is 2. The van der Waals surface area contributed by atoms with E-state index in [1.54, 1.807) is 78.9 Å². The lowest BCUT2D eigenvalue weighted by Crippen LogP contribution is -2.99. The molecule has 0 saturated carbocycles. The maximum Gasteiger partial charge on any atom is 0.326 e. The normalized spacial score (nSPS) is 17.0. The molecule has 0 saturated heterocycles. The minimum Gasteiger partial charge on any atom is -0.595 e. The third-order valence-electron chi connectivity index (χ3n) is 10.9. The summed E-state index contributed by atoms with van der Waals surface area (Å²) in [5.74, 6) is -1.54. The Morgan fingerprint density at radius 1 is 0.938 bits per heavy atom. The summed E-state index contributed by atoms with van der Waals surface area (Å²) in [6.45, 7) is 0.161. The summed E-state index contributed by atoms with van der Waals surface area (Å²) in [5.41, 5.74) is 5.77. The van der Waals surface area contributed by atoms with E-state index >= 15 is 0 Å². The van der Waals surface area contributed by atoms with Crippen LogP contribution in [0.4, 0.5) is 11.4 Å². The summed E-state index contributed by atoms with van der Waals surface area (Å²) in [4.78, 5) is 40.5. The number of nitriles is 1. The molecule has 0 aromatic heterocycles. The number of nitrogens with one attached hydrogen (secondary N) is 3. The molecule has 2 heterocycles. The lowest BCUT2D eigenvalue weighted by Gasteiger charge is -2.36. The van der Waals surface area contributed by atoms with Gasteiger partial charge in [0.05, 0.1) is 32.3 Å². The van der Waals surface area contributed by atoms with E-state index in [1.165, 1.54) is 28.6 Å². The SMILES string of the molecule is N#Cc1ccc(-c2ccc(CC(NC(=O)C3Cc4cc5c(cc4CN3S(=O)c3cccc([NH+]([O-])O)c3)OC(c3ccc(OCc4ccc(Cl)c(Cl)c4)cc3)C(=O)N5)C(=O)O)cc2)cc1. The van der Waals surface area contributed by atoms with Crippen molar-refractivity contribution in [1.29, 1.82) is 5.26 Å². The van der Waals surface area contributed by atoms with Crippen molar-refractivity contribution in [2.24, 2.45) is 0 Å². The van der Waals surface area contributed by atoms with Gasteiger partial charge in [0.1, 0.15) is 41.2 Å². The Kier molecular flexibility index (Phi) is 13.1. The molecule has 0 spiro atoms. The van der Waals surface area contributed by atoms with E-state index in [2.05, 4.69) is 16.7 Å². The molecule has 6 aromatic carbocycles. The van der Waals surface area contributed by atoms with Gasteiger partial charge in [-0.25, -0.2) is 18.5 Å². The largest absolute Gasteiger partial charge is 0.595 e. The number of fused-ring (bicyclic) bond motifs is 2. The Balaban J connectivity index is 1.02. The topological polar surface area (TPSA) is 206 Å². The lowest BCUT2D eigenvalue weighted by molar-refractivity contribution is -0.991. The minimum absolute atomic E-state index is 0.0343. The van der Waals surface area contributed by atoms with Crippen molar-refractivity contribution in [2.45, 2.75) is 49.1 Å². The molecule has 14 nitrogen and oxygen atoms in total. The number of carboxylic acids is 1. The van der Waals surface area contributed by atoms with Gasteiger partial charge >= 0.3 is 5.97 Å². The van der Waals surface area contributed by atoms with Gasteiger partial charge in [-0.05, 0) is 94.4 Å². The fourth-order valence-corrected chi connectivity index (χ4v) is 9.14. The van der Waals surface area contributed by atoms with Crippen molar-refractivity contribution >= 4 is 63.3 Å². The fourth-order valence-electron chi connectivity index (χ4n) is 7.47. The predicted molar refractivity (Wildman–Crippen MR) is 237 cm³/mol. The van der Waals surface area contributed by atoms with Crippen LogP contribution >= 0.6 is 23.2 Å². The van der Waals surface area contributed by atoms with Crippen LogP contribution in [-0.4, -0.2) is 48.7 Å². The maximum absolute atomic E-state index is 14.4. The molecule has 5 atom stereocenters. The van der Waals surface area contributed by atoms with E-state index < -0.39 is 52.2 Å². The van der Waals surface area contributed by atoms with Gasteiger partial charge in [-0.3, -0.25) is 9.59 Å². The van der Waals surface area contributed by atoms with E-state index in [1.807, 2.05) is 24.3 Å². The first-order valence-corrected chi connectivity index (χ1v) is 21.6. The Bertz CT molecular complexity index is 2820. The molecule has 0 bridgehead atoms. The molecule has 6 aromatic rings. The number of carbonyl (C=O) groups is 3. The number of ether oxygens (including phenoxy) is 2. The van der Waals surface area contributed by atoms with Crippen molar-refractivity contribution in [3.63, 3.8) is 0 Å². The third kappa shape index (κ3) is 9.79. The van der Waals surface area contributed by atoms with Crippen LogP contribution in [0.5, 0.6) is 11.5 Å². The zero-order valence-electron chi connectivity index (χ0n) is 33.5. The number of benzene rings is 6. The van der Waals surface area contributed by atoms with Crippen LogP contribution < -0.4 is 25.3 Å². The van der Waals surface area contributed by atoms with Crippen LogP contribution in [0.1, 0.15) is 39.5 Å². The van der Waals surface area contributed by atoms with Crippen LogP contribution in [-0.2, 0) is 51.4 Å². The summed E-state index contributed by atoms with van der Waals surface area (Å²) < 4.78 is 27.9. The van der Waals surface area contributed by atoms with Crippen LogP contribution in [0.25, 0.3) is 11.1 Å². The second-order valence-corrected chi connectivity index (χ2v) is 17.3. The molecular weight excluding hydrogens is 882 g/mol. The van der Waals surface area contributed by atoms with Gasteiger partial charge in [0, 0.05) is 30.7 Å².